The lowest BCUT2D eigenvalue weighted by Gasteiger charge is -2.32. The quantitative estimate of drug-likeness (QED) is 0.406. The van der Waals surface area contributed by atoms with Crippen LogP contribution in [0.25, 0.3) is 0 Å². The molecule has 0 spiro atoms. The van der Waals surface area contributed by atoms with Crippen LogP contribution in [0.15, 0.2) is 48.5 Å². The van der Waals surface area contributed by atoms with E-state index in [4.69, 9.17) is 33.7 Å². The second kappa shape index (κ2) is 12.8. The second-order valence-electron chi connectivity index (χ2n) is 9.72. The van der Waals surface area contributed by atoms with E-state index in [0.717, 1.165) is 11.3 Å². The molecule has 4 N–H and O–H groups in total. The van der Waals surface area contributed by atoms with Crippen molar-refractivity contribution in [3.8, 4) is 5.75 Å². The molecule has 0 aliphatic carbocycles. The van der Waals surface area contributed by atoms with Gasteiger partial charge in [0, 0.05) is 38.1 Å². The predicted molar refractivity (Wildman–Crippen MR) is 144 cm³/mol. The molecule has 2 aromatic carbocycles. The number of nitrogens with two attached hydrogens (primary N) is 1. The van der Waals surface area contributed by atoms with Gasteiger partial charge in [-0.2, -0.15) is 0 Å². The van der Waals surface area contributed by atoms with Crippen LogP contribution >= 0.6 is 23.2 Å². The van der Waals surface area contributed by atoms with Gasteiger partial charge in [0.25, 0.3) is 0 Å². The summed E-state index contributed by atoms with van der Waals surface area (Å²) in [4.78, 5) is 42.1. The van der Waals surface area contributed by atoms with Crippen LogP contribution < -0.4 is 15.8 Å². The molecule has 2 saturated heterocycles. The lowest BCUT2D eigenvalue weighted by Crippen LogP contribution is -2.53. The highest BCUT2D eigenvalue weighted by Crippen LogP contribution is 2.29. The van der Waals surface area contributed by atoms with Gasteiger partial charge in [-0.05, 0) is 49.1 Å². The van der Waals surface area contributed by atoms with Crippen LogP contribution in [0.5, 0.6) is 5.75 Å². The Bertz CT molecular complexity index is 1150. The number of halogens is 2. The maximum Gasteiger partial charge on any atom is 0.303 e. The molecule has 2 fully saturated rings. The third kappa shape index (κ3) is 6.96. The molecule has 11 heteroatoms. The van der Waals surface area contributed by atoms with Crippen LogP contribution in [0.3, 0.4) is 0 Å². The van der Waals surface area contributed by atoms with Crippen molar-refractivity contribution < 1.29 is 24.2 Å². The lowest BCUT2D eigenvalue weighted by molar-refractivity contribution is -0.144. The van der Waals surface area contributed by atoms with Crippen molar-refractivity contribution in [2.45, 2.75) is 56.4 Å². The highest BCUT2D eigenvalue weighted by atomic mass is 35.5. The largest absolute Gasteiger partial charge is 0.492 e. The summed E-state index contributed by atoms with van der Waals surface area (Å²) < 4.78 is 6.02. The second-order valence-corrected chi connectivity index (χ2v) is 10.5. The summed E-state index contributed by atoms with van der Waals surface area (Å²) in [7, 11) is 0. The molecular formula is C27H32Cl2N4O5. The minimum absolute atomic E-state index is 0.00175. The van der Waals surface area contributed by atoms with E-state index in [2.05, 4.69) is 10.2 Å². The number of carbonyl (C=O) groups is 3. The summed E-state index contributed by atoms with van der Waals surface area (Å²) in [6, 6.07) is 12.8. The molecule has 0 aromatic heterocycles. The van der Waals surface area contributed by atoms with E-state index in [1.54, 1.807) is 18.2 Å². The van der Waals surface area contributed by atoms with Gasteiger partial charge in [0.2, 0.25) is 11.8 Å². The molecule has 2 aliphatic rings. The van der Waals surface area contributed by atoms with Gasteiger partial charge in [0.05, 0.1) is 16.1 Å². The molecule has 204 valence electrons. The number of nitrogens with one attached hydrogen (secondary N) is 1. The van der Waals surface area contributed by atoms with Gasteiger partial charge in [-0.3, -0.25) is 19.3 Å². The molecule has 38 heavy (non-hydrogen) atoms. The van der Waals surface area contributed by atoms with Crippen molar-refractivity contribution in [3.63, 3.8) is 0 Å². The van der Waals surface area contributed by atoms with E-state index < -0.39 is 24.0 Å². The zero-order valence-electron chi connectivity index (χ0n) is 20.9. The van der Waals surface area contributed by atoms with E-state index >= 15 is 0 Å². The number of hydrogen-bond acceptors (Lipinski definition) is 6. The first-order valence-electron chi connectivity index (χ1n) is 12.7. The normalized spacial score (nSPS) is 22.4. The third-order valence-corrected chi connectivity index (χ3v) is 7.80. The van der Waals surface area contributed by atoms with Crippen molar-refractivity contribution in [2.24, 2.45) is 5.73 Å². The Kier molecular flexibility index (Phi) is 9.49. The Morgan fingerprint density at radius 1 is 1.16 bits per heavy atom. The molecule has 2 aliphatic heterocycles. The van der Waals surface area contributed by atoms with E-state index in [0.29, 0.717) is 42.6 Å². The van der Waals surface area contributed by atoms with Gasteiger partial charge in [0.15, 0.2) is 0 Å². The molecule has 2 aromatic rings. The fourth-order valence-electron chi connectivity index (χ4n) is 5.14. The lowest BCUT2D eigenvalue weighted by atomic mass is 10.1. The Labute approximate surface area is 231 Å². The van der Waals surface area contributed by atoms with Crippen LogP contribution in [0.4, 0.5) is 0 Å². The van der Waals surface area contributed by atoms with Crippen LogP contribution in [0.1, 0.15) is 31.2 Å². The van der Waals surface area contributed by atoms with Gasteiger partial charge in [-0.15, -0.1) is 0 Å². The highest BCUT2D eigenvalue weighted by Gasteiger charge is 2.46. The predicted octanol–water partition coefficient (Wildman–Crippen LogP) is 2.92. The molecule has 4 atom stereocenters. The van der Waals surface area contributed by atoms with Gasteiger partial charge in [0.1, 0.15) is 18.4 Å². The van der Waals surface area contributed by atoms with Gasteiger partial charge in [-0.25, -0.2) is 0 Å². The average molecular weight is 563 g/mol. The number of carboxylic acid groups (broad SMARTS) is 1. The number of para-hydroxylation sites is 1. The molecule has 0 bridgehead atoms. The summed E-state index contributed by atoms with van der Waals surface area (Å²) in [6.07, 6.45) is 0.778. The molecule has 0 radical (unpaired) electrons. The Balaban J connectivity index is 1.51. The Morgan fingerprint density at radius 3 is 2.63 bits per heavy atom. The maximum absolute atomic E-state index is 13.8. The summed E-state index contributed by atoms with van der Waals surface area (Å²) in [6.45, 7) is 1.39. The zero-order chi connectivity index (χ0) is 27.2. The standard InChI is InChI=1S/C27H32Cl2N4O5/c28-21-7-6-17(12-22(21)29)14-31-26(36)23(8-9-25(34)35)32-11-10-19(16-38-20-4-2-1-3-5-20)33-15-18(30)13-24(33)27(32)37/h1-7,12,18-19,23-24H,8-11,13-16,30H2,(H,31,36)(H,34,35)/t18-,19?,23-,24+/m1/s1. The molecule has 9 nitrogen and oxygen atoms in total. The molecule has 4 rings (SSSR count). The summed E-state index contributed by atoms with van der Waals surface area (Å²) in [5, 5.41) is 12.9. The molecule has 2 amide bonds. The SMILES string of the molecule is N[C@@H]1C[C@H]2C(=O)N([C@H](CCC(=O)O)C(=O)NCc3ccc(Cl)c(Cl)c3)CCC(COc3ccccc3)N2C1. The van der Waals surface area contributed by atoms with Crippen LogP contribution in [0, 0.1) is 0 Å². The first-order valence-corrected chi connectivity index (χ1v) is 13.4. The third-order valence-electron chi connectivity index (χ3n) is 7.06. The van der Waals surface area contributed by atoms with E-state index in [9.17, 15) is 19.5 Å². The average Bonchev–Trinajstić information content (AvgIpc) is 3.24. The number of rotatable bonds is 10. The summed E-state index contributed by atoms with van der Waals surface area (Å²) >= 11 is 12.1. The number of hydrogen-bond donors (Lipinski definition) is 3. The van der Waals surface area contributed by atoms with Crippen LogP contribution in [-0.4, -0.2) is 76.6 Å². The van der Waals surface area contributed by atoms with Gasteiger partial charge >= 0.3 is 5.97 Å². The number of ether oxygens (including phenoxy) is 1. The first kappa shape index (κ1) is 28.2. The van der Waals surface area contributed by atoms with E-state index in [1.165, 1.54) is 4.90 Å². The smallest absolute Gasteiger partial charge is 0.303 e. The fourth-order valence-corrected chi connectivity index (χ4v) is 5.46. The Morgan fingerprint density at radius 2 is 1.92 bits per heavy atom. The number of carbonyl (C=O) groups excluding carboxylic acids is 2. The Hall–Kier alpha value is -2.85. The monoisotopic (exact) mass is 562 g/mol. The number of aliphatic carboxylic acids is 1. The van der Waals surface area contributed by atoms with Crippen molar-refractivity contribution in [3.05, 3.63) is 64.1 Å². The van der Waals surface area contributed by atoms with E-state index in [1.807, 2.05) is 30.3 Å². The number of fused-ring (bicyclic) bond motifs is 1. The molecular weight excluding hydrogens is 531 g/mol. The molecule has 2 heterocycles. The number of carboxylic acids is 1. The highest BCUT2D eigenvalue weighted by molar-refractivity contribution is 6.42. The summed E-state index contributed by atoms with van der Waals surface area (Å²) in [5.74, 6) is -0.923. The van der Waals surface area contributed by atoms with E-state index in [-0.39, 0.29) is 37.4 Å². The molecule has 1 unspecified atom stereocenters. The van der Waals surface area contributed by atoms with Crippen molar-refractivity contribution in [2.75, 3.05) is 19.7 Å². The van der Waals surface area contributed by atoms with Crippen molar-refractivity contribution in [1.29, 1.82) is 0 Å². The minimum atomic E-state index is -1.03. The van der Waals surface area contributed by atoms with Crippen molar-refractivity contribution in [1.82, 2.24) is 15.1 Å². The maximum atomic E-state index is 13.8. The van der Waals surface area contributed by atoms with Crippen molar-refractivity contribution >= 4 is 41.0 Å². The number of nitrogens with zero attached hydrogens (tertiary/aromatic N) is 2. The van der Waals surface area contributed by atoms with Crippen LogP contribution in [0.2, 0.25) is 10.0 Å². The fraction of sp³-hybridized carbons (Fsp3) is 0.444. The zero-order valence-corrected chi connectivity index (χ0v) is 22.4. The van der Waals surface area contributed by atoms with Gasteiger partial charge in [-0.1, -0.05) is 47.5 Å². The van der Waals surface area contributed by atoms with Crippen LogP contribution in [-0.2, 0) is 20.9 Å². The number of amides is 2. The minimum Gasteiger partial charge on any atom is -0.492 e. The summed E-state index contributed by atoms with van der Waals surface area (Å²) in [5.41, 5.74) is 7.00. The topological polar surface area (TPSA) is 125 Å². The van der Waals surface area contributed by atoms with Gasteiger partial charge < -0.3 is 25.8 Å². The number of benzene rings is 2. The first-order chi connectivity index (χ1) is 18.2. The molecule has 0 saturated carbocycles.